The number of allylic oxidation sites excluding steroid dienone is 1. The van der Waals surface area contributed by atoms with Gasteiger partial charge in [0.1, 0.15) is 11.9 Å². The first-order valence-corrected chi connectivity index (χ1v) is 12.2. The number of rotatable bonds is 4. The molecule has 1 aromatic rings. The molecule has 1 saturated heterocycles. The maximum Gasteiger partial charge on any atom is 0.306 e. The first kappa shape index (κ1) is 24.7. The Kier molecular flexibility index (Phi) is 6.30. The fourth-order valence-corrected chi connectivity index (χ4v) is 6.07. The van der Waals surface area contributed by atoms with Gasteiger partial charge in [-0.05, 0) is 44.7 Å². The molecule has 1 aromatic heterocycles. The maximum absolute atomic E-state index is 13.8. The summed E-state index contributed by atoms with van der Waals surface area (Å²) in [7, 11) is 0. The number of ketones is 1. The van der Waals surface area contributed by atoms with E-state index in [2.05, 4.69) is 0 Å². The van der Waals surface area contributed by atoms with Crippen LogP contribution in [0.25, 0.3) is 6.08 Å². The molecular weight excluding hydrogens is 436 g/mol. The van der Waals surface area contributed by atoms with Gasteiger partial charge in [-0.25, -0.2) is 0 Å². The summed E-state index contributed by atoms with van der Waals surface area (Å²) in [5.41, 5.74) is 1.37. The number of ether oxygens (including phenoxy) is 3. The number of esters is 2. The monoisotopic (exact) mass is 472 g/mol. The van der Waals surface area contributed by atoms with Crippen molar-refractivity contribution in [1.82, 2.24) is 0 Å². The summed E-state index contributed by atoms with van der Waals surface area (Å²) in [4.78, 5) is 38.8. The number of hydrogen-bond acceptors (Lipinski definition) is 7. The smallest absolute Gasteiger partial charge is 0.306 e. The van der Waals surface area contributed by atoms with E-state index in [-0.39, 0.29) is 36.6 Å². The highest BCUT2D eigenvalue weighted by Gasteiger charge is 2.72. The second kappa shape index (κ2) is 8.67. The molecule has 0 aromatic carbocycles. The number of carbonyl (C=O) groups is 3. The van der Waals surface area contributed by atoms with Crippen LogP contribution in [0.3, 0.4) is 0 Å². The molecule has 3 aliphatic rings. The molecule has 186 valence electrons. The third-order valence-electron chi connectivity index (χ3n) is 7.91. The normalized spacial score (nSPS) is 34.9. The molecule has 2 aliphatic carbocycles. The van der Waals surface area contributed by atoms with Gasteiger partial charge in [-0.3, -0.25) is 14.4 Å². The molecule has 0 radical (unpaired) electrons. The minimum Gasteiger partial charge on any atom is -0.464 e. The first-order valence-electron chi connectivity index (χ1n) is 12.2. The van der Waals surface area contributed by atoms with Crippen LogP contribution in [0.2, 0.25) is 0 Å². The number of fused-ring (bicyclic) bond motifs is 4. The molecule has 0 spiro atoms. The Morgan fingerprint density at radius 1 is 1.21 bits per heavy atom. The molecule has 6 atom stereocenters. The summed E-state index contributed by atoms with van der Waals surface area (Å²) in [6, 6.07) is 0. The summed E-state index contributed by atoms with van der Waals surface area (Å²) >= 11 is 0. The Labute approximate surface area is 201 Å². The molecule has 0 bridgehead atoms. The molecule has 1 aliphatic heterocycles. The molecule has 0 N–H and O–H groups in total. The molecule has 7 heteroatoms. The molecule has 34 heavy (non-hydrogen) atoms. The van der Waals surface area contributed by atoms with Crippen LogP contribution in [0.4, 0.5) is 0 Å². The van der Waals surface area contributed by atoms with Gasteiger partial charge in [-0.1, -0.05) is 26.3 Å². The second-order valence-electron chi connectivity index (χ2n) is 11.1. The topological polar surface area (TPSA) is 95.3 Å². The lowest BCUT2D eigenvalue weighted by atomic mass is 9.56. The summed E-state index contributed by atoms with van der Waals surface area (Å²) in [5, 5.41) is 0. The molecule has 4 rings (SSSR count). The highest BCUT2D eigenvalue weighted by atomic mass is 16.6. The van der Waals surface area contributed by atoms with Crippen molar-refractivity contribution in [3.63, 3.8) is 0 Å². The molecule has 2 heterocycles. The van der Waals surface area contributed by atoms with E-state index < -0.39 is 35.2 Å². The fourth-order valence-electron chi connectivity index (χ4n) is 6.07. The van der Waals surface area contributed by atoms with E-state index >= 15 is 0 Å². The van der Waals surface area contributed by atoms with Crippen molar-refractivity contribution in [2.75, 3.05) is 0 Å². The van der Waals surface area contributed by atoms with Crippen molar-refractivity contribution in [3.8, 4) is 0 Å². The highest BCUT2D eigenvalue weighted by molar-refractivity contribution is 5.89. The maximum atomic E-state index is 13.8. The Bertz CT molecular complexity index is 1030. The van der Waals surface area contributed by atoms with Gasteiger partial charge >= 0.3 is 11.9 Å². The van der Waals surface area contributed by atoms with E-state index in [4.69, 9.17) is 18.6 Å². The van der Waals surface area contributed by atoms with Crippen molar-refractivity contribution in [3.05, 3.63) is 28.7 Å². The van der Waals surface area contributed by atoms with Gasteiger partial charge in [-0.2, -0.15) is 0 Å². The lowest BCUT2D eigenvalue weighted by molar-refractivity contribution is -0.191. The number of epoxide rings is 1. The van der Waals surface area contributed by atoms with Crippen LogP contribution in [0.15, 0.2) is 16.3 Å². The Morgan fingerprint density at radius 2 is 1.91 bits per heavy atom. The Hall–Kier alpha value is -2.41. The predicted octanol–water partition coefficient (Wildman–Crippen LogP) is 4.58. The second-order valence-corrected chi connectivity index (χ2v) is 11.1. The lowest BCUT2D eigenvalue weighted by Crippen LogP contribution is -2.61. The van der Waals surface area contributed by atoms with Crippen molar-refractivity contribution in [1.29, 1.82) is 0 Å². The third kappa shape index (κ3) is 4.23. The number of carbonyl (C=O) groups excluding carboxylic acids is 3. The highest BCUT2D eigenvalue weighted by Crippen LogP contribution is 2.62. The van der Waals surface area contributed by atoms with E-state index in [1.807, 2.05) is 47.6 Å². The van der Waals surface area contributed by atoms with E-state index in [1.165, 1.54) is 6.92 Å². The van der Waals surface area contributed by atoms with E-state index in [1.54, 1.807) is 6.26 Å². The van der Waals surface area contributed by atoms with Gasteiger partial charge < -0.3 is 18.6 Å². The van der Waals surface area contributed by atoms with Crippen molar-refractivity contribution in [2.45, 2.75) is 98.1 Å². The zero-order chi connectivity index (χ0) is 25.0. The van der Waals surface area contributed by atoms with Crippen LogP contribution in [0.5, 0.6) is 0 Å². The van der Waals surface area contributed by atoms with Gasteiger partial charge in [0.05, 0.1) is 23.4 Å². The molecule has 1 saturated carbocycles. The van der Waals surface area contributed by atoms with Crippen molar-refractivity contribution >= 4 is 23.8 Å². The average molecular weight is 473 g/mol. The van der Waals surface area contributed by atoms with Crippen LogP contribution in [0, 0.1) is 24.2 Å². The van der Waals surface area contributed by atoms with Crippen LogP contribution in [0.1, 0.15) is 77.7 Å². The van der Waals surface area contributed by atoms with Gasteiger partial charge in [-0.15, -0.1) is 0 Å². The van der Waals surface area contributed by atoms with Crippen molar-refractivity contribution < 1.29 is 33.0 Å². The zero-order valence-electron chi connectivity index (χ0n) is 21.2. The molecule has 6 unspecified atom stereocenters. The van der Waals surface area contributed by atoms with E-state index in [0.717, 1.165) is 22.5 Å². The third-order valence-corrected chi connectivity index (χ3v) is 7.91. The fraction of sp³-hybridized carbons (Fsp3) is 0.667. The van der Waals surface area contributed by atoms with Crippen LogP contribution in [-0.4, -0.2) is 41.6 Å². The predicted molar refractivity (Wildman–Crippen MR) is 125 cm³/mol. The quantitative estimate of drug-likeness (QED) is 0.467. The van der Waals surface area contributed by atoms with Crippen LogP contribution >= 0.6 is 0 Å². The van der Waals surface area contributed by atoms with Gasteiger partial charge in [0.15, 0.2) is 11.9 Å². The summed E-state index contributed by atoms with van der Waals surface area (Å²) in [6.45, 7) is 13.1. The van der Waals surface area contributed by atoms with E-state index in [9.17, 15) is 14.4 Å². The van der Waals surface area contributed by atoms with E-state index in [0.29, 0.717) is 12.8 Å². The minimum atomic E-state index is -1.06. The Balaban J connectivity index is 1.88. The number of Topliss-reactive ketones (excluding diaryl/α,β-unsaturated/α-hetero) is 1. The van der Waals surface area contributed by atoms with Gasteiger partial charge in [0.2, 0.25) is 0 Å². The van der Waals surface area contributed by atoms with Gasteiger partial charge in [0, 0.05) is 37.7 Å². The number of furan rings is 1. The summed E-state index contributed by atoms with van der Waals surface area (Å²) in [5.74, 6) is -0.473. The SMILES string of the molecule is CC(=O)OC1CC2OC2(C)C2Cc3c(C)coc3C=C(C)CC(=O)C(OC(=O)CC(C)C)C12C. The molecule has 2 fully saturated rings. The Morgan fingerprint density at radius 3 is 2.56 bits per heavy atom. The minimum absolute atomic E-state index is 0.0899. The summed E-state index contributed by atoms with van der Waals surface area (Å²) in [6.07, 6.45) is 3.17. The molecular formula is C27H36O7. The lowest BCUT2D eigenvalue weighted by Gasteiger charge is -2.50. The average Bonchev–Trinajstić information content (AvgIpc) is 3.25. The van der Waals surface area contributed by atoms with Crippen LogP contribution in [-0.2, 0) is 35.0 Å². The van der Waals surface area contributed by atoms with Crippen LogP contribution < -0.4 is 0 Å². The summed E-state index contributed by atoms with van der Waals surface area (Å²) < 4.78 is 23.9. The van der Waals surface area contributed by atoms with Gasteiger partial charge in [0.25, 0.3) is 0 Å². The van der Waals surface area contributed by atoms with Crippen molar-refractivity contribution in [2.24, 2.45) is 17.3 Å². The molecule has 0 amide bonds. The standard InChI is InChI=1S/C27H36O7/c1-14(2)8-24(30)33-25-19(29)9-15(3)10-20-18(16(4)13-31-20)11-21-26(25,6)22(32-17(5)28)12-23-27(21,7)34-23/h10,13-14,21-23,25H,8-9,11-12H2,1-7H3. The first-order chi connectivity index (χ1) is 15.9. The number of hydrogen-bond donors (Lipinski definition) is 0. The zero-order valence-corrected chi connectivity index (χ0v) is 21.2. The molecule has 7 nitrogen and oxygen atoms in total. The number of aryl methyl sites for hydroxylation is 1. The largest absolute Gasteiger partial charge is 0.464 e.